The van der Waals surface area contributed by atoms with Gasteiger partial charge in [-0.25, -0.2) is 4.39 Å². The lowest BCUT2D eigenvalue weighted by atomic mass is 10.1. The van der Waals surface area contributed by atoms with Gasteiger partial charge in [-0.2, -0.15) is 0 Å². The minimum atomic E-state index is -0.196. The first-order chi connectivity index (χ1) is 8.52. The Kier molecular flexibility index (Phi) is 3.66. The van der Waals surface area contributed by atoms with Crippen LogP contribution in [0.5, 0.6) is 0 Å². The van der Waals surface area contributed by atoms with Gasteiger partial charge in [-0.05, 0) is 50.1 Å². The van der Waals surface area contributed by atoms with Crippen LogP contribution in [0.1, 0.15) is 22.3 Å². The summed E-state index contributed by atoms with van der Waals surface area (Å²) in [6.07, 6.45) is 0. The highest BCUT2D eigenvalue weighted by Gasteiger charge is 1.99. The normalized spacial score (nSPS) is 10.4. The van der Waals surface area contributed by atoms with E-state index >= 15 is 0 Å². The number of rotatable bonds is 3. The van der Waals surface area contributed by atoms with E-state index in [4.69, 9.17) is 0 Å². The highest BCUT2D eigenvalue weighted by molar-refractivity contribution is 5.46. The maximum atomic E-state index is 13.2. The van der Waals surface area contributed by atoms with Gasteiger partial charge < -0.3 is 5.32 Å². The van der Waals surface area contributed by atoms with Crippen molar-refractivity contribution in [3.63, 3.8) is 0 Å². The van der Waals surface area contributed by atoms with Crippen LogP contribution in [0, 0.1) is 26.6 Å². The Morgan fingerprint density at radius 2 is 1.44 bits per heavy atom. The number of nitrogens with one attached hydrogen (secondary N) is 1. The van der Waals surface area contributed by atoms with Gasteiger partial charge in [-0.15, -0.1) is 0 Å². The fourth-order valence-electron chi connectivity index (χ4n) is 2.21. The number of hydrogen-bond donors (Lipinski definition) is 1. The Balaban J connectivity index is 2.11. The predicted molar refractivity (Wildman–Crippen MR) is 74.4 cm³/mol. The Labute approximate surface area is 108 Å². The molecule has 0 unspecified atom stereocenters. The summed E-state index contributed by atoms with van der Waals surface area (Å²) < 4.78 is 13.2. The van der Waals surface area contributed by atoms with Gasteiger partial charge >= 0.3 is 0 Å². The highest BCUT2D eigenvalue weighted by Crippen LogP contribution is 2.15. The van der Waals surface area contributed by atoms with Crippen LogP contribution in [0.15, 0.2) is 36.4 Å². The zero-order chi connectivity index (χ0) is 13.1. The largest absolute Gasteiger partial charge is 0.381 e. The van der Waals surface area contributed by atoms with Crippen LogP contribution in [0.3, 0.4) is 0 Å². The van der Waals surface area contributed by atoms with Crippen molar-refractivity contribution in [1.82, 2.24) is 0 Å². The summed E-state index contributed by atoms with van der Waals surface area (Å²) in [5, 5.41) is 3.26. The first-order valence-electron chi connectivity index (χ1n) is 6.11. The maximum Gasteiger partial charge on any atom is 0.125 e. The van der Waals surface area contributed by atoms with Gasteiger partial charge in [0.25, 0.3) is 0 Å². The molecule has 94 valence electrons. The van der Waals surface area contributed by atoms with E-state index in [9.17, 15) is 4.39 Å². The summed E-state index contributed by atoms with van der Waals surface area (Å²) in [6.45, 7) is 6.78. The molecule has 2 aromatic rings. The standard InChI is InChI=1S/C16H18FN/c1-11-4-12(2)6-14(5-11)10-18-16-8-13(3)7-15(17)9-16/h4-9,18H,10H2,1-3H3. The average molecular weight is 243 g/mol. The molecule has 0 spiro atoms. The van der Waals surface area contributed by atoms with E-state index < -0.39 is 0 Å². The number of anilines is 1. The zero-order valence-corrected chi connectivity index (χ0v) is 11.0. The maximum absolute atomic E-state index is 13.2. The summed E-state index contributed by atoms with van der Waals surface area (Å²) in [4.78, 5) is 0. The summed E-state index contributed by atoms with van der Waals surface area (Å²) in [6, 6.07) is 11.4. The molecule has 18 heavy (non-hydrogen) atoms. The van der Waals surface area contributed by atoms with Gasteiger partial charge in [0.05, 0.1) is 0 Å². The van der Waals surface area contributed by atoms with Crippen LogP contribution >= 0.6 is 0 Å². The van der Waals surface area contributed by atoms with Crippen molar-refractivity contribution in [1.29, 1.82) is 0 Å². The second-order valence-corrected chi connectivity index (χ2v) is 4.87. The first-order valence-corrected chi connectivity index (χ1v) is 6.11. The monoisotopic (exact) mass is 243 g/mol. The summed E-state index contributed by atoms with van der Waals surface area (Å²) in [5.41, 5.74) is 5.48. The number of hydrogen-bond acceptors (Lipinski definition) is 1. The van der Waals surface area contributed by atoms with Crippen molar-refractivity contribution >= 4 is 5.69 Å². The van der Waals surface area contributed by atoms with Gasteiger partial charge in [0.2, 0.25) is 0 Å². The molecule has 0 fully saturated rings. The van der Waals surface area contributed by atoms with Crippen LogP contribution in [0.25, 0.3) is 0 Å². The molecular weight excluding hydrogens is 225 g/mol. The number of benzene rings is 2. The van der Waals surface area contributed by atoms with Gasteiger partial charge in [0.1, 0.15) is 5.82 Å². The molecule has 0 aliphatic carbocycles. The van der Waals surface area contributed by atoms with E-state index in [1.54, 1.807) is 0 Å². The molecule has 0 radical (unpaired) electrons. The van der Waals surface area contributed by atoms with Crippen molar-refractivity contribution in [2.75, 3.05) is 5.32 Å². The van der Waals surface area contributed by atoms with E-state index in [1.807, 2.05) is 13.0 Å². The van der Waals surface area contributed by atoms with Crippen LogP contribution in [-0.4, -0.2) is 0 Å². The lowest BCUT2D eigenvalue weighted by molar-refractivity contribution is 0.627. The average Bonchev–Trinajstić information content (AvgIpc) is 2.23. The minimum absolute atomic E-state index is 0.196. The molecule has 1 nitrogen and oxygen atoms in total. The van der Waals surface area contributed by atoms with Gasteiger partial charge in [-0.1, -0.05) is 29.3 Å². The zero-order valence-electron chi connectivity index (χ0n) is 11.0. The second kappa shape index (κ2) is 5.21. The number of halogens is 1. The third kappa shape index (κ3) is 3.33. The van der Waals surface area contributed by atoms with Crippen LogP contribution in [0.2, 0.25) is 0 Å². The van der Waals surface area contributed by atoms with Gasteiger partial charge in [0.15, 0.2) is 0 Å². The SMILES string of the molecule is Cc1cc(C)cc(CNc2cc(C)cc(F)c2)c1. The van der Waals surface area contributed by atoms with Crippen molar-refractivity contribution < 1.29 is 4.39 Å². The Morgan fingerprint density at radius 3 is 2.06 bits per heavy atom. The molecule has 0 bridgehead atoms. The van der Waals surface area contributed by atoms with Crippen molar-refractivity contribution in [2.24, 2.45) is 0 Å². The quantitative estimate of drug-likeness (QED) is 0.844. The molecule has 1 N–H and O–H groups in total. The molecule has 2 heteroatoms. The fourth-order valence-corrected chi connectivity index (χ4v) is 2.21. The van der Waals surface area contributed by atoms with Crippen LogP contribution in [-0.2, 0) is 6.54 Å². The van der Waals surface area contributed by atoms with E-state index in [2.05, 4.69) is 37.4 Å². The Morgan fingerprint density at radius 1 is 0.833 bits per heavy atom. The molecular formula is C16H18FN. The first kappa shape index (κ1) is 12.6. The topological polar surface area (TPSA) is 12.0 Å². The molecule has 0 aliphatic rings. The molecule has 0 heterocycles. The molecule has 2 aromatic carbocycles. The van der Waals surface area contributed by atoms with Gasteiger partial charge in [0, 0.05) is 12.2 Å². The smallest absolute Gasteiger partial charge is 0.125 e. The van der Waals surface area contributed by atoms with E-state index in [-0.39, 0.29) is 5.82 Å². The highest BCUT2D eigenvalue weighted by atomic mass is 19.1. The molecule has 0 aromatic heterocycles. The van der Waals surface area contributed by atoms with E-state index in [1.165, 1.54) is 28.8 Å². The van der Waals surface area contributed by atoms with Crippen LogP contribution < -0.4 is 5.32 Å². The van der Waals surface area contributed by atoms with Crippen molar-refractivity contribution in [3.8, 4) is 0 Å². The molecule has 0 saturated heterocycles. The summed E-state index contributed by atoms with van der Waals surface area (Å²) >= 11 is 0. The lowest BCUT2D eigenvalue weighted by Crippen LogP contribution is -2.01. The summed E-state index contributed by atoms with van der Waals surface area (Å²) in [5.74, 6) is -0.196. The van der Waals surface area contributed by atoms with Gasteiger partial charge in [-0.3, -0.25) is 0 Å². The Bertz CT molecular complexity index is 469. The molecule has 0 aliphatic heterocycles. The fraction of sp³-hybridized carbons (Fsp3) is 0.250. The predicted octanol–water partition coefficient (Wildman–Crippen LogP) is 4.36. The molecule has 2 rings (SSSR count). The molecule has 0 atom stereocenters. The molecule has 0 saturated carbocycles. The minimum Gasteiger partial charge on any atom is -0.381 e. The van der Waals surface area contributed by atoms with Crippen molar-refractivity contribution in [2.45, 2.75) is 27.3 Å². The van der Waals surface area contributed by atoms with E-state index in [0.29, 0.717) is 6.54 Å². The van der Waals surface area contributed by atoms with Crippen molar-refractivity contribution in [3.05, 3.63) is 64.5 Å². The second-order valence-electron chi connectivity index (χ2n) is 4.87. The lowest BCUT2D eigenvalue weighted by Gasteiger charge is -2.09. The number of aryl methyl sites for hydroxylation is 3. The third-order valence-electron chi connectivity index (χ3n) is 2.82. The van der Waals surface area contributed by atoms with Crippen LogP contribution in [0.4, 0.5) is 10.1 Å². The molecule has 0 amide bonds. The Hall–Kier alpha value is -1.83. The third-order valence-corrected chi connectivity index (χ3v) is 2.82. The van der Waals surface area contributed by atoms with E-state index in [0.717, 1.165) is 11.3 Å². The summed E-state index contributed by atoms with van der Waals surface area (Å²) in [7, 11) is 0.